The van der Waals surface area contributed by atoms with E-state index in [1.165, 1.54) is 6.20 Å². The summed E-state index contributed by atoms with van der Waals surface area (Å²) < 4.78 is 0. The molecular weight excluding hydrogens is 286 g/mol. The first-order valence-electron chi connectivity index (χ1n) is 6.72. The maximum Gasteiger partial charge on any atom is 0.293 e. The molecule has 0 aliphatic heterocycles. The zero-order valence-electron chi connectivity index (χ0n) is 12.2. The van der Waals surface area contributed by atoms with E-state index in [0.717, 1.165) is 15.6 Å². The molecule has 6 heteroatoms. The summed E-state index contributed by atoms with van der Waals surface area (Å²) in [6.07, 6.45) is 3.63. The quantitative estimate of drug-likeness (QED) is 0.681. The molecule has 0 aliphatic carbocycles. The van der Waals surface area contributed by atoms with Crippen molar-refractivity contribution >= 4 is 23.0 Å². The Morgan fingerprint density at radius 1 is 1.38 bits per heavy atom. The standard InChI is InChI=1S/C15H17N3O2S/c1-4-12(15-17-9(2)10(3)21-15)18-14(20)13(19)11-6-5-7-16-8-11/h5-8,12H,4H2,1-3H3,(H,18,20). The number of nitrogens with zero attached hydrogens (tertiary/aromatic N) is 2. The molecule has 2 heterocycles. The first-order chi connectivity index (χ1) is 10.0. The molecule has 0 bridgehead atoms. The number of thiazole rings is 1. The predicted molar refractivity (Wildman–Crippen MR) is 81.3 cm³/mol. The molecule has 0 spiro atoms. The number of pyridine rings is 1. The number of amides is 1. The van der Waals surface area contributed by atoms with Crippen LogP contribution in [-0.4, -0.2) is 21.7 Å². The highest BCUT2D eigenvalue weighted by Crippen LogP contribution is 2.24. The first kappa shape index (κ1) is 15.3. The van der Waals surface area contributed by atoms with Crippen LogP contribution in [0.3, 0.4) is 0 Å². The predicted octanol–water partition coefficient (Wildman–Crippen LogP) is 2.61. The van der Waals surface area contributed by atoms with E-state index in [-0.39, 0.29) is 11.6 Å². The normalized spacial score (nSPS) is 12.0. The third-order valence-corrected chi connectivity index (χ3v) is 4.37. The monoisotopic (exact) mass is 303 g/mol. The lowest BCUT2D eigenvalue weighted by atomic mass is 10.1. The first-order valence-corrected chi connectivity index (χ1v) is 7.53. The van der Waals surface area contributed by atoms with Crippen molar-refractivity contribution in [3.05, 3.63) is 45.7 Å². The Kier molecular flexibility index (Phi) is 4.80. The molecule has 21 heavy (non-hydrogen) atoms. The van der Waals surface area contributed by atoms with E-state index in [1.54, 1.807) is 29.7 Å². The Morgan fingerprint density at radius 2 is 2.14 bits per heavy atom. The lowest BCUT2D eigenvalue weighted by Gasteiger charge is -2.13. The molecule has 0 saturated carbocycles. The van der Waals surface area contributed by atoms with Gasteiger partial charge in [-0.15, -0.1) is 11.3 Å². The van der Waals surface area contributed by atoms with Gasteiger partial charge in [0.15, 0.2) is 0 Å². The van der Waals surface area contributed by atoms with Crippen molar-refractivity contribution in [1.82, 2.24) is 15.3 Å². The van der Waals surface area contributed by atoms with E-state index in [2.05, 4.69) is 15.3 Å². The van der Waals surface area contributed by atoms with Gasteiger partial charge in [0.1, 0.15) is 5.01 Å². The highest BCUT2D eigenvalue weighted by Gasteiger charge is 2.22. The number of carbonyl (C=O) groups excluding carboxylic acids is 2. The average molecular weight is 303 g/mol. The van der Waals surface area contributed by atoms with E-state index in [9.17, 15) is 9.59 Å². The number of Topliss-reactive ketones (excluding diaryl/α,β-unsaturated/α-hetero) is 1. The van der Waals surface area contributed by atoms with Crippen LogP contribution in [0.15, 0.2) is 24.5 Å². The van der Waals surface area contributed by atoms with Crippen LogP contribution in [0.25, 0.3) is 0 Å². The van der Waals surface area contributed by atoms with Gasteiger partial charge >= 0.3 is 0 Å². The number of rotatable bonds is 5. The summed E-state index contributed by atoms with van der Waals surface area (Å²) in [5, 5.41) is 3.59. The number of ketones is 1. The van der Waals surface area contributed by atoms with Crippen molar-refractivity contribution in [3.63, 3.8) is 0 Å². The van der Waals surface area contributed by atoms with Gasteiger partial charge in [-0.05, 0) is 32.4 Å². The van der Waals surface area contributed by atoms with Crippen molar-refractivity contribution in [2.75, 3.05) is 0 Å². The minimum Gasteiger partial charge on any atom is -0.340 e. The fraction of sp³-hybridized carbons (Fsp3) is 0.333. The molecule has 1 amide bonds. The van der Waals surface area contributed by atoms with Crippen molar-refractivity contribution in [1.29, 1.82) is 0 Å². The van der Waals surface area contributed by atoms with Gasteiger partial charge in [0.2, 0.25) is 0 Å². The lowest BCUT2D eigenvalue weighted by molar-refractivity contribution is -0.117. The van der Waals surface area contributed by atoms with Crippen LogP contribution in [0.5, 0.6) is 0 Å². The summed E-state index contributed by atoms with van der Waals surface area (Å²) in [6, 6.07) is 2.97. The minimum atomic E-state index is -0.625. The number of aromatic nitrogens is 2. The fourth-order valence-electron chi connectivity index (χ4n) is 1.84. The summed E-state index contributed by atoms with van der Waals surface area (Å²) in [4.78, 5) is 33.5. The lowest BCUT2D eigenvalue weighted by Crippen LogP contribution is -2.34. The number of hydrogen-bond acceptors (Lipinski definition) is 5. The maximum absolute atomic E-state index is 12.1. The number of carbonyl (C=O) groups is 2. The molecule has 5 nitrogen and oxygen atoms in total. The van der Waals surface area contributed by atoms with Crippen LogP contribution in [-0.2, 0) is 4.79 Å². The molecule has 0 aliphatic rings. The van der Waals surface area contributed by atoms with Crippen LogP contribution in [0, 0.1) is 13.8 Å². The van der Waals surface area contributed by atoms with Gasteiger partial charge in [-0.25, -0.2) is 4.98 Å². The minimum absolute atomic E-state index is 0.240. The van der Waals surface area contributed by atoms with Gasteiger partial charge in [0.05, 0.1) is 11.7 Å². The average Bonchev–Trinajstić information content (AvgIpc) is 2.84. The van der Waals surface area contributed by atoms with Crippen molar-refractivity contribution in [2.45, 2.75) is 33.2 Å². The summed E-state index contributed by atoms with van der Waals surface area (Å²) in [7, 11) is 0. The van der Waals surface area contributed by atoms with Crippen molar-refractivity contribution in [3.8, 4) is 0 Å². The fourth-order valence-corrected chi connectivity index (χ4v) is 2.89. The van der Waals surface area contributed by atoms with Crippen molar-refractivity contribution in [2.24, 2.45) is 0 Å². The molecule has 0 fully saturated rings. The highest BCUT2D eigenvalue weighted by molar-refractivity contribution is 7.11. The third-order valence-electron chi connectivity index (χ3n) is 3.19. The van der Waals surface area contributed by atoms with Crippen LogP contribution < -0.4 is 5.32 Å². The Morgan fingerprint density at radius 3 is 2.67 bits per heavy atom. The molecule has 2 rings (SSSR count). The molecule has 0 saturated heterocycles. The Hall–Kier alpha value is -2.08. The second kappa shape index (κ2) is 6.58. The topological polar surface area (TPSA) is 72.0 Å². The SMILES string of the molecule is CCC(NC(=O)C(=O)c1cccnc1)c1nc(C)c(C)s1. The van der Waals surface area contributed by atoms with E-state index in [4.69, 9.17) is 0 Å². The zero-order valence-corrected chi connectivity index (χ0v) is 13.0. The van der Waals surface area contributed by atoms with E-state index >= 15 is 0 Å². The van der Waals surface area contributed by atoms with Gasteiger partial charge < -0.3 is 5.32 Å². The zero-order chi connectivity index (χ0) is 15.4. The molecular formula is C15H17N3O2S. The Balaban J connectivity index is 2.11. The molecule has 1 atom stereocenters. The molecule has 1 N–H and O–H groups in total. The summed E-state index contributed by atoms with van der Waals surface area (Å²) in [6.45, 7) is 5.88. The number of aryl methyl sites for hydroxylation is 2. The summed E-state index contributed by atoms with van der Waals surface area (Å²) in [5.41, 5.74) is 1.25. The van der Waals surface area contributed by atoms with Gasteiger partial charge in [0.25, 0.3) is 11.7 Å². The van der Waals surface area contributed by atoms with Crippen LogP contribution in [0.4, 0.5) is 0 Å². The van der Waals surface area contributed by atoms with Gasteiger partial charge in [-0.3, -0.25) is 14.6 Å². The Bertz CT molecular complexity index is 633. The largest absolute Gasteiger partial charge is 0.340 e. The van der Waals surface area contributed by atoms with E-state index < -0.39 is 11.7 Å². The van der Waals surface area contributed by atoms with Crippen LogP contribution in [0.2, 0.25) is 0 Å². The van der Waals surface area contributed by atoms with E-state index in [0.29, 0.717) is 6.42 Å². The van der Waals surface area contributed by atoms with Crippen LogP contribution >= 0.6 is 11.3 Å². The second-order valence-electron chi connectivity index (χ2n) is 4.70. The molecule has 2 aromatic heterocycles. The number of nitrogens with one attached hydrogen (secondary N) is 1. The van der Waals surface area contributed by atoms with Gasteiger partial charge in [0, 0.05) is 22.8 Å². The molecule has 1 unspecified atom stereocenters. The molecule has 2 aromatic rings. The van der Waals surface area contributed by atoms with Gasteiger partial charge in [-0.1, -0.05) is 6.92 Å². The van der Waals surface area contributed by atoms with Crippen molar-refractivity contribution < 1.29 is 9.59 Å². The summed E-state index contributed by atoms with van der Waals surface area (Å²) >= 11 is 1.55. The molecule has 110 valence electrons. The molecule has 0 radical (unpaired) electrons. The van der Waals surface area contributed by atoms with Gasteiger partial charge in [-0.2, -0.15) is 0 Å². The highest BCUT2D eigenvalue weighted by atomic mass is 32.1. The molecule has 0 aromatic carbocycles. The third kappa shape index (κ3) is 3.52. The maximum atomic E-state index is 12.1. The van der Waals surface area contributed by atoms with E-state index in [1.807, 2.05) is 20.8 Å². The smallest absolute Gasteiger partial charge is 0.293 e. The second-order valence-corrected chi connectivity index (χ2v) is 5.93. The number of hydrogen-bond donors (Lipinski definition) is 1. The Labute approximate surface area is 127 Å². The van der Waals surface area contributed by atoms with Crippen LogP contribution in [0.1, 0.15) is 45.3 Å². The summed E-state index contributed by atoms with van der Waals surface area (Å²) in [5.74, 6) is -1.20.